The molecule has 9 nitrogen and oxygen atoms in total. The number of carbonyl (C=O) groups is 1. The van der Waals surface area contributed by atoms with E-state index in [0.717, 1.165) is 25.3 Å². The summed E-state index contributed by atoms with van der Waals surface area (Å²) in [4.78, 5) is 23.4. The Morgan fingerprint density at radius 2 is 2.27 bits per heavy atom. The second-order valence-electron chi connectivity index (χ2n) is 7.11. The third kappa shape index (κ3) is 3.71. The maximum absolute atomic E-state index is 11.0. The van der Waals surface area contributed by atoms with Crippen LogP contribution in [0.4, 0.5) is 22.4 Å². The summed E-state index contributed by atoms with van der Waals surface area (Å²) in [7, 11) is 1.60. The lowest BCUT2D eigenvalue weighted by Gasteiger charge is -2.19. The maximum Gasteiger partial charge on any atom is 0.407 e. The molecule has 1 amide bonds. The number of carboxylic acid groups (broad SMARTS) is 1. The van der Waals surface area contributed by atoms with E-state index in [1.807, 2.05) is 12.1 Å². The fourth-order valence-corrected chi connectivity index (χ4v) is 3.33. The minimum absolute atomic E-state index is 0.295. The minimum Gasteiger partial charge on any atom is -0.465 e. The van der Waals surface area contributed by atoms with Gasteiger partial charge < -0.3 is 20.2 Å². The number of hydrogen-bond donors (Lipinski definition) is 3. The normalized spacial score (nSPS) is 19.6. The number of rotatable bonds is 6. The summed E-state index contributed by atoms with van der Waals surface area (Å²) in [5.74, 6) is 3.05. The molecule has 3 N–H and O–H groups in total. The first-order valence-corrected chi connectivity index (χ1v) is 8.93. The summed E-state index contributed by atoms with van der Waals surface area (Å²) in [6, 6.07) is 3.85. The first-order valence-electron chi connectivity index (χ1n) is 8.93. The van der Waals surface area contributed by atoms with Gasteiger partial charge in [-0.3, -0.25) is 5.10 Å². The average molecular weight is 357 g/mol. The quantitative estimate of drug-likeness (QED) is 0.727. The Balaban J connectivity index is 1.38. The van der Waals surface area contributed by atoms with Crippen molar-refractivity contribution in [1.82, 2.24) is 25.1 Å². The first-order chi connectivity index (χ1) is 12.6. The molecule has 4 rings (SSSR count). The topological polar surface area (TPSA) is 110 Å². The summed E-state index contributed by atoms with van der Waals surface area (Å²) in [5.41, 5.74) is 1.17. The van der Waals surface area contributed by atoms with E-state index >= 15 is 0 Å². The number of amides is 1. The molecule has 1 atom stereocenters. The second-order valence-corrected chi connectivity index (χ2v) is 7.11. The van der Waals surface area contributed by atoms with Gasteiger partial charge in [0, 0.05) is 50.6 Å². The Bertz CT molecular complexity index is 789. The summed E-state index contributed by atoms with van der Waals surface area (Å²) in [5, 5.41) is 19.6. The predicted molar refractivity (Wildman–Crippen MR) is 96.9 cm³/mol. The van der Waals surface area contributed by atoms with Crippen molar-refractivity contribution in [3.63, 3.8) is 0 Å². The number of hydrogen-bond acceptors (Lipinski definition) is 6. The zero-order valence-electron chi connectivity index (χ0n) is 14.7. The predicted octanol–water partition coefficient (Wildman–Crippen LogP) is 2.26. The molecule has 3 heterocycles. The molecule has 26 heavy (non-hydrogen) atoms. The third-order valence-electron chi connectivity index (χ3n) is 4.94. The fraction of sp³-hybridized carbons (Fsp3) is 0.529. The number of nitrogens with zero attached hydrogens (tertiary/aromatic N) is 5. The molecule has 1 aliphatic heterocycles. The molecule has 0 bridgehead atoms. The molecule has 2 fully saturated rings. The molecule has 0 spiro atoms. The summed E-state index contributed by atoms with van der Waals surface area (Å²) in [6.07, 6.45) is 4.23. The van der Waals surface area contributed by atoms with Gasteiger partial charge in [0.1, 0.15) is 5.82 Å². The lowest BCUT2D eigenvalue weighted by molar-refractivity contribution is 0.150. The van der Waals surface area contributed by atoms with E-state index in [-0.39, 0.29) is 0 Å². The molecule has 1 aliphatic carbocycles. The van der Waals surface area contributed by atoms with Crippen molar-refractivity contribution in [2.75, 3.05) is 36.9 Å². The van der Waals surface area contributed by atoms with Gasteiger partial charge in [0.2, 0.25) is 5.95 Å². The standard InChI is InChI=1S/C17H23N7O2/c1-23(17(25)26)9-11-5-7-24(10-11)16-18-6-4-14(20-16)19-15-8-13(21-22-15)12-2-3-12/h4,6,8,11-12H,2-3,5,7,9-10H2,1H3,(H,25,26)(H2,18,19,20,21,22). The van der Waals surface area contributed by atoms with Gasteiger partial charge in [0.25, 0.3) is 0 Å². The van der Waals surface area contributed by atoms with Crippen LogP contribution < -0.4 is 10.2 Å². The van der Waals surface area contributed by atoms with Crippen molar-refractivity contribution in [2.45, 2.75) is 25.2 Å². The molecular formula is C17H23N7O2. The first kappa shape index (κ1) is 16.6. The van der Waals surface area contributed by atoms with Gasteiger partial charge in [-0.2, -0.15) is 10.1 Å². The highest BCUT2D eigenvalue weighted by molar-refractivity contribution is 5.64. The molecule has 1 saturated heterocycles. The monoisotopic (exact) mass is 357 g/mol. The number of aromatic amines is 1. The summed E-state index contributed by atoms with van der Waals surface area (Å²) in [6.45, 7) is 2.12. The Labute approximate surface area is 151 Å². The van der Waals surface area contributed by atoms with Crippen LogP contribution in [0.15, 0.2) is 18.3 Å². The van der Waals surface area contributed by atoms with Gasteiger partial charge in [0.15, 0.2) is 5.82 Å². The van der Waals surface area contributed by atoms with Gasteiger partial charge in [0.05, 0.1) is 0 Å². The molecule has 2 aliphatic rings. The molecule has 0 radical (unpaired) electrons. The lowest BCUT2D eigenvalue weighted by Crippen LogP contribution is -2.32. The van der Waals surface area contributed by atoms with Gasteiger partial charge in [-0.05, 0) is 31.2 Å². The van der Waals surface area contributed by atoms with Crippen LogP contribution in [0.2, 0.25) is 0 Å². The Morgan fingerprint density at radius 3 is 3.04 bits per heavy atom. The van der Waals surface area contributed by atoms with Crippen molar-refractivity contribution in [2.24, 2.45) is 5.92 Å². The molecule has 2 aromatic heterocycles. The van der Waals surface area contributed by atoms with E-state index < -0.39 is 6.09 Å². The average Bonchev–Trinajstić information content (AvgIpc) is 3.19. The molecule has 9 heteroatoms. The SMILES string of the molecule is CN(CC1CCN(c2nccc(Nc3cc(C4CC4)[nH]n3)n2)C1)C(=O)O. The number of aromatic nitrogens is 4. The molecule has 2 aromatic rings. The number of anilines is 3. The van der Waals surface area contributed by atoms with Crippen LogP contribution >= 0.6 is 0 Å². The van der Waals surface area contributed by atoms with Gasteiger partial charge in [-0.1, -0.05) is 0 Å². The largest absolute Gasteiger partial charge is 0.465 e. The highest BCUT2D eigenvalue weighted by Crippen LogP contribution is 2.39. The van der Waals surface area contributed by atoms with Crippen LogP contribution in [0.1, 0.15) is 30.9 Å². The van der Waals surface area contributed by atoms with Crippen LogP contribution in [0.5, 0.6) is 0 Å². The van der Waals surface area contributed by atoms with E-state index in [1.54, 1.807) is 13.2 Å². The van der Waals surface area contributed by atoms with E-state index in [9.17, 15) is 4.79 Å². The van der Waals surface area contributed by atoms with E-state index in [1.165, 1.54) is 23.4 Å². The highest BCUT2D eigenvalue weighted by Gasteiger charge is 2.27. The van der Waals surface area contributed by atoms with Gasteiger partial charge in [-0.15, -0.1) is 0 Å². The van der Waals surface area contributed by atoms with Crippen LogP contribution in [0.25, 0.3) is 0 Å². The highest BCUT2D eigenvalue weighted by atomic mass is 16.4. The zero-order chi connectivity index (χ0) is 18.1. The maximum atomic E-state index is 11.0. The van der Waals surface area contributed by atoms with Crippen molar-refractivity contribution in [1.29, 1.82) is 0 Å². The molecule has 1 saturated carbocycles. The van der Waals surface area contributed by atoms with Crippen LogP contribution in [0, 0.1) is 5.92 Å². The van der Waals surface area contributed by atoms with Crippen LogP contribution in [-0.2, 0) is 0 Å². The van der Waals surface area contributed by atoms with E-state index in [4.69, 9.17) is 5.11 Å². The second kappa shape index (κ2) is 6.81. The van der Waals surface area contributed by atoms with E-state index in [0.29, 0.717) is 30.1 Å². The van der Waals surface area contributed by atoms with Crippen molar-refractivity contribution in [3.8, 4) is 0 Å². The Morgan fingerprint density at radius 1 is 1.42 bits per heavy atom. The molecule has 138 valence electrons. The van der Waals surface area contributed by atoms with Crippen molar-refractivity contribution >= 4 is 23.7 Å². The Hall–Kier alpha value is -2.84. The minimum atomic E-state index is -0.893. The molecule has 1 unspecified atom stereocenters. The fourth-order valence-electron chi connectivity index (χ4n) is 3.33. The smallest absolute Gasteiger partial charge is 0.407 e. The van der Waals surface area contributed by atoms with Crippen LogP contribution in [0.3, 0.4) is 0 Å². The molecule has 0 aromatic carbocycles. The number of H-pyrrole nitrogens is 1. The lowest BCUT2D eigenvalue weighted by atomic mass is 10.1. The van der Waals surface area contributed by atoms with Gasteiger partial charge in [-0.25, -0.2) is 9.78 Å². The molecular weight excluding hydrogens is 334 g/mol. The summed E-state index contributed by atoms with van der Waals surface area (Å²) >= 11 is 0. The van der Waals surface area contributed by atoms with Gasteiger partial charge >= 0.3 is 6.09 Å². The number of nitrogens with one attached hydrogen (secondary N) is 2. The third-order valence-corrected chi connectivity index (χ3v) is 4.94. The summed E-state index contributed by atoms with van der Waals surface area (Å²) < 4.78 is 0. The van der Waals surface area contributed by atoms with E-state index in [2.05, 4.69) is 30.4 Å². The Kier molecular flexibility index (Phi) is 4.36. The van der Waals surface area contributed by atoms with Crippen molar-refractivity contribution < 1.29 is 9.90 Å². The van der Waals surface area contributed by atoms with Crippen molar-refractivity contribution in [3.05, 3.63) is 24.0 Å². The zero-order valence-corrected chi connectivity index (χ0v) is 14.7. The van der Waals surface area contributed by atoms with Crippen LogP contribution in [-0.4, -0.2) is 62.9 Å².